The van der Waals surface area contributed by atoms with E-state index in [9.17, 15) is 18.0 Å². The quantitative estimate of drug-likeness (QED) is 0.803. The van der Waals surface area contributed by atoms with Crippen molar-refractivity contribution in [3.05, 3.63) is 18.2 Å². The molecule has 0 aromatic carbocycles. The highest BCUT2D eigenvalue weighted by molar-refractivity contribution is 5.75. The fourth-order valence-electron chi connectivity index (χ4n) is 1.94. The largest absolute Gasteiger partial charge is 0.481 e. The van der Waals surface area contributed by atoms with Crippen molar-refractivity contribution in [2.24, 2.45) is 5.92 Å². The van der Waals surface area contributed by atoms with E-state index < -0.39 is 30.4 Å². The molecule has 0 bridgehead atoms. The molecule has 2 unspecified atom stereocenters. The second-order valence-corrected chi connectivity index (χ2v) is 3.80. The summed E-state index contributed by atoms with van der Waals surface area (Å²) >= 11 is 0. The molecular weight excluding hydrogens is 225 g/mol. The molecule has 1 N–H and O–H groups in total. The van der Waals surface area contributed by atoms with E-state index in [0.29, 0.717) is 0 Å². The Morgan fingerprint density at radius 1 is 1.56 bits per heavy atom. The molecule has 7 heteroatoms. The highest BCUT2D eigenvalue weighted by Crippen LogP contribution is 2.39. The van der Waals surface area contributed by atoms with E-state index in [-0.39, 0.29) is 12.4 Å². The van der Waals surface area contributed by atoms with Crippen LogP contribution in [0.5, 0.6) is 0 Å². The van der Waals surface area contributed by atoms with Crippen LogP contribution in [0, 0.1) is 5.92 Å². The molecule has 0 aliphatic carbocycles. The molecular formula is C9H9F3N2O2. The Labute approximate surface area is 88.7 Å². The molecule has 0 radical (unpaired) electrons. The highest BCUT2D eigenvalue weighted by Gasteiger charge is 2.46. The second-order valence-electron chi connectivity index (χ2n) is 3.80. The standard InChI is InChI=1S/C9H9F3N2O2/c10-9(11,12)5-3-6(8(15)16)7-13-1-2-14(7)4-5/h1-2,5-6H,3-4H2,(H,15,16). The third kappa shape index (κ3) is 1.77. The van der Waals surface area contributed by atoms with Crippen molar-refractivity contribution in [1.82, 2.24) is 9.55 Å². The molecule has 0 saturated carbocycles. The third-order valence-electron chi connectivity index (χ3n) is 2.76. The summed E-state index contributed by atoms with van der Waals surface area (Å²) in [5, 5.41) is 8.87. The average Bonchev–Trinajstić information content (AvgIpc) is 2.61. The number of alkyl halides is 3. The highest BCUT2D eigenvalue weighted by atomic mass is 19.4. The zero-order valence-electron chi connectivity index (χ0n) is 8.11. The lowest BCUT2D eigenvalue weighted by Crippen LogP contribution is -2.36. The van der Waals surface area contributed by atoms with Crippen molar-refractivity contribution in [2.45, 2.75) is 25.1 Å². The van der Waals surface area contributed by atoms with E-state index >= 15 is 0 Å². The minimum atomic E-state index is -4.37. The van der Waals surface area contributed by atoms with E-state index in [0.717, 1.165) is 0 Å². The molecule has 1 aliphatic heterocycles. The summed E-state index contributed by atoms with van der Waals surface area (Å²) in [5.74, 6) is -3.85. The maximum absolute atomic E-state index is 12.6. The van der Waals surface area contributed by atoms with Crippen LogP contribution in [-0.2, 0) is 11.3 Å². The number of nitrogens with zero attached hydrogens (tertiary/aromatic N) is 2. The van der Waals surface area contributed by atoms with Crippen molar-refractivity contribution in [1.29, 1.82) is 0 Å². The van der Waals surface area contributed by atoms with E-state index in [1.54, 1.807) is 0 Å². The molecule has 0 amide bonds. The second kappa shape index (κ2) is 3.50. The first-order valence-corrected chi connectivity index (χ1v) is 4.70. The van der Waals surface area contributed by atoms with Crippen molar-refractivity contribution >= 4 is 5.97 Å². The van der Waals surface area contributed by atoms with E-state index in [1.165, 1.54) is 17.0 Å². The SMILES string of the molecule is O=C(O)C1CC(C(F)(F)F)Cn2ccnc21. The van der Waals surface area contributed by atoms with Crippen molar-refractivity contribution in [3.8, 4) is 0 Å². The molecule has 2 atom stereocenters. The summed E-state index contributed by atoms with van der Waals surface area (Å²) in [5.41, 5.74) is 0. The monoisotopic (exact) mass is 234 g/mol. The zero-order valence-corrected chi connectivity index (χ0v) is 8.11. The van der Waals surface area contributed by atoms with Gasteiger partial charge in [0, 0.05) is 18.9 Å². The van der Waals surface area contributed by atoms with Gasteiger partial charge in [0.2, 0.25) is 0 Å². The van der Waals surface area contributed by atoms with Crippen LogP contribution in [0.2, 0.25) is 0 Å². The maximum Gasteiger partial charge on any atom is 0.393 e. The topological polar surface area (TPSA) is 55.1 Å². The number of carboxylic acids is 1. The molecule has 1 aromatic rings. The summed E-state index contributed by atoms with van der Waals surface area (Å²) in [6.07, 6.45) is -2.10. The minimum Gasteiger partial charge on any atom is -0.481 e. The van der Waals surface area contributed by atoms with Crippen molar-refractivity contribution in [2.75, 3.05) is 0 Å². The van der Waals surface area contributed by atoms with Crippen LogP contribution in [0.15, 0.2) is 12.4 Å². The summed E-state index contributed by atoms with van der Waals surface area (Å²) in [6.45, 7) is -0.247. The number of halogens is 3. The number of rotatable bonds is 1. The fraction of sp³-hybridized carbons (Fsp3) is 0.556. The smallest absolute Gasteiger partial charge is 0.393 e. The van der Waals surface area contributed by atoms with Gasteiger partial charge in [0.1, 0.15) is 11.7 Å². The number of aromatic nitrogens is 2. The Kier molecular flexibility index (Phi) is 2.40. The van der Waals surface area contributed by atoms with Gasteiger partial charge in [0.25, 0.3) is 0 Å². The lowest BCUT2D eigenvalue weighted by Gasteiger charge is -2.29. The molecule has 4 nitrogen and oxygen atoms in total. The summed E-state index contributed by atoms with van der Waals surface area (Å²) in [4.78, 5) is 14.7. The average molecular weight is 234 g/mol. The van der Waals surface area contributed by atoms with Crippen LogP contribution >= 0.6 is 0 Å². The van der Waals surface area contributed by atoms with Gasteiger partial charge in [-0.15, -0.1) is 0 Å². The van der Waals surface area contributed by atoms with Gasteiger partial charge in [-0.05, 0) is 6.42 Å². The van der Waals surface area contributed by atoms with Gasteiger partial charge in [-0.3, -0.25) is 4.79 Å². The predicted molar refractivity (Wildman–Crippen MR) is 46.8 cm³/mol. The van der Waals surface area contributed by atoms with Gasteiger partial charge in [-0.1, -0.05) is 0 Å². The molecule has 1 aliphatic rings. The maximum atomic E-state index is 12.6. The Balaban J connectivity index is 2.34. The van der Waals surface area contributed by atoms with Crippen LogP contribution < -0.4 is 0 Å². The van der Waals surface area contributed by atoms with Gasteiger partial charge >= 0.3 is 12.1 Å². The van der Waals surface area contributed by atoms with Gasteiger partial charge in [-0.2, -0.15) is 13.2 Å². The zero-order chi connectivity index (χ0) is 11.9. The number of hydrogen-bond donors (Lipinski definition) is 1. The fourth-order valence-corrected chi connectivity index (χ4v) is 1.94. The molecule has 0 saturated heterocycles. The van der Waals surface area contributed by atoms with Gasteiger partial charge in [0.15, 0.2) is 0 Å². The lowest BCUT2D eigenvalue weighted by atomic mass is 9.90. The number of fused-ring (bicyclic) bond motifs is 1. The number of carbonyl (C=O) groups is 1. The van der Waals surface area contributed by atoms with Crippen LogP contribution in [0.25, 0.3) is 0 Å². The number of aliphatic carboxylic acids is 1. The molecule has 16 heavy (non-hydrogen) atoms. The normalized spacial score (nSPS) is 25.2. The van der Waals surface area contributed by atoms with E-state index in [2.05, 4.69) is 4.98 Å². The lowest BCUT2D eigenvalue weighted by molar-refractivity contribution is -0.185. The molecule has 1 aromatic heterocycles. The van der Waals surface area contributed by atoms with Gasteiger partial charge < -0.3 is 9.67 Å². The van der Waals surface area contributed by atoms with E-state index in [4.69, 9.17) is 5.11 Å². The summed E-state index contributed by atoms with van der Waals surface area (Å²) in [6, 6.07) is 0. The van der Waals surface area contributed by atoms with Gasteiger partial charge in [0.05, 0.1) is 5.92 Å². The molecule has 2 heterocycles. The van der Waals surface area contributed by atoms with E-state index in [1.807, 2.05) is 0 Å². The van der Waals surface area contributed by atoms with Crippen LogP contribution in [0.4, 0.5) is 13.2 Å². The first kappa shape index (κ1) is 11.0. The molecule has 2 rings (SSSR count). The summed E-state index contributed by atoms with van der Waals surface area (Å²) < 4.78 is 38.9. The first-order valence-electron chi connectivity index (χ1n) is 4.70. The molecule has 0 spiro atoms. The van der Waals surface area contributed by atoms with Crippen LogP contribution in [-0.4, -0.2) is 26.8 Å². The summed E-state index contributed by atoms with van der Waals surface area (Å²) in [7, 11) is 0. The van der Waals surface area contributed by atoms with Crippen LogP contribution in [0.1, 0.15) is 18.2 Å². The number of hydrogen-bond acceptors (Lipinski definition) is 2. The predicted octanol–water partition coefficient (Wildman–Crippen LogP) is 1.63. The van der Waals surface area contributed by atoms with Crippen molar-refractivity contribution < 1.29 is 23.1 Å². The Morgan fingerprint density at radius 3 is 2.81 bits per heavy atom. The Hall–Kier alpha value is -1.53. The minimum absolute atomic E-state index is 0.202. The van der Waals surface area contributed by atoms with Gasteiger partial charge in [-0.25, -0.2) is 4.98 Å². The number of imidazole rings is 1. The molecule has 0 fully saturated rings. The Morgan fingerprint density at radius 2 is 2.25 bits per heavy atom. The first-order chi connectivity index (χ1) is 7.39. The Bertz CT molecular complexity index is 413. The number of carboxylic acid groups (broad SMARTS) is 1. The van der Waals surface area contributed by atoms with Crippen LogP contribution in [0.3, 0.4) is 0 Å². The van der Waals surface area contributed by atoms with Crippen molar-refractivity contribution in [3.63, 3.8) is 0 Å². The third-order valence-corrected chi connectivity index (χ3v) is 2.76. The molecule has 88 valence electrons.